The number of carbonyl (C=O) groups is 1. The number of hydrogen-bond acceptors (Lipinski definition) is 2. The van der Waals surface area contributed by atoms with E-state index in [1.807, 2.05) is 6.92 Å². The van der Waals surface area contributed by atoms with Crippen LogP contribution in [0, 0.1) is 17.6 Å². The van der Waals surface area contributed by atoms with Gasteiger partial charge in [-0.05, 0) is 31.7 Å². The van der Waals surface area contributed by atoms with E-state index in [2.05, 4.69) is 5.32 Å². The van der Waals surface area contributed by atoms with E-state index in [0.29, 0.717) is 18.4 Å². The fourth-order valence-corrected chi connectivity index (χ4v) is 2.73. The van der Waals surface area contributed by atoms with Crippen LogP contribution in [-0.4, -0.2) is 11.9 Å². The van der Waals surface area contributed by atoms with Gasteiger partial charge in [-0.1, -0.05) is 13.0 Å². The molecule has 1 aromatic carbocycles. The zero-order chi connectivity index (χ0) is 14.7. The van der Waals surface area contributed by atoms with Gasteiger partial charge in [0, 0.05) is 23.6 Å². The maximum Gasteiger partial charge on any atom is 0.223 e. The van der Waals surface area contributed by atoms with E-state index in [1.54, 1.807) is 0 Å². The highest BCUT2D eigenvalue weighted by Gasteiger charge is 2.29. The Morgan fingerprint density at radius 3 is 2.67 bits per heavy atom. The van der Waals surface area contributed by atoms with Crippen LogP contribution in [0.1, 0.15) is 44.2 Å². The maximum absolute atomic E-state index is 13.8. The first-order valence-electron chi connectivity index (χ1n) is 7.02. The van der Waals surface area contributed by atoms with Crippen molar-refractivity contribution in [2.45, 2.75) is 44.7 Å². The molecule has 3 N–H and O–H groups in total. The van der Waals surface area contributed by atoms with Crippen LogP contribution in [0.15, 0.2) is 18.2 Å². The number of carbonyl (C=O) groups excluding carboxylic acids is 1. The molecule has 0 aromatic heterocycles. The molecule has 1 saturated carbocycles. The molecule has 118 valence electrons. The molecule has 0 heterocycles. The van der Waals surface area contributed by atoms with Crippen molar-refractivity contribution in [1.82, 2.24) is 5.32 Å². The highest BCUT2D eigenvalue weighted by Crippen LogP contribution is 2.26. The molecule has 0 radical (unpaired) electrons. The van der Waals surface area contributed by atoms with Crippen LogP contribution in [0.25, 0.3) is 0 Å². The Balaban J connectivity index is 0.00000220. The molecule has 2 rings (SSSR count). The lowest BCUT2D eigenvalue weighted by Gasteiger charge is -2.20. The second-order valence-corrected chi connectivity index (χ2v) is 5.41. The van der Waals surface area contributed by atoms with E-state index in [-0.39, 0.29) is 30.3 Å². The average Bonchev–Trinajstić information content (AvgIpc) is 2.83. The molecule has 0 spiro atoms. The summed E-state index contributed by atoms with van der Waals surface area (Å²) in [5.41, 5.74) is 6.12. The van der Waals surface area contributed by atoms with Crippen LogP contribution in [0.5, 0.6) is 0 Å². The van der Waals surface area contributed by atoms with Gasteiger partial charge in [0.25, 0.3) is 0 Å². The predicted molar refractivity (Wildman–Crippen MR) is 80.1 cm³/mol. The quantitative estimate of drug-likeness (QED) is 0.896. The third-order valence-electron chi connectivity index (χ3n) is 3.91. The maximum atomic E-state index is 13.8. The number of nitrogens with one attached hydrogen (secondary N) is 1. The minimum Gasteiger partial charge on any atom is -0.349 e. The summed E-state index contributed by atoms with van der Waals surface area (Å²) >= 11 is 0. The molecule has 21 heavy (non-hydrogen) atoms. The molecule has 3 atom stereocenters. The normalized spacial score (nSPS) is 22.5. The third-order valence-corrected chi connectivity index (χ3v) is 3.91. The standard InChI is InChI=1S/C15H20F2N2O.ClH/c1-2-14(12-6-4-10(16)8-13(12)17)19-15(20)9-3-5-11(18)7-9;/h4,6,8-9,11,14H,2-3,5,7,18H2,1H3,(H,19,20);1H. The van der Waals surface area contributed by atoms with Crippen molar-refractivity contribution in [1.29, 1.82) is 0 Å². The lowest BCUT2D eigenvalue weighted by Crippen LogP contribution is -2.34. The number of nitrogens with two attached hydrogens (primary N) is 1. The monoisotopic (exact) mass is 318 g/mol. The summed E-state index contributed by atoms with van der Waals surface area (Å²) in [6.45, 7) is 1.86. The molecule has 0 bridgehead atoms. The van der Waals surface area contributed by atoms with Crippen LogP contribution in [0.4, 0.5) is 8.78 Å². The van der Waals surface area contributed by atoms with Gasteiger partial charge in [-0.15, -0.1) is 12.4 Å². The van der Waals surface area contributed by atoms with Crippen LogP contribution < -0.4 is 11.1 Å². The van der Waals surface area contributed by atoms with Crippen molar-refractivity contribution < 1.29 is 13.6 Å². The van der Waals surface area contributed by atoms with Gasteiger partial charge in [-0.2, -0.15) is 0 Å². The molecule has 1 aliphatic carbocycles. The molecule has 3 nitrogen and oxygen atoms in total. The van der Waals surface area contributed by atoms with Gasteiger partial charge < -0.3 is 11.1 Å². The van der Waals surface area contributed by atoms with Gasteiger partial charge in [0.2, 0.25) is 5.91 Å². The first kappa shape index (κ1) is 17.9. The Bertz CT molecular complexity index is 499. The Hall–Kier alpha value is -1.20. The van der Waals surface area contributed by atoms with E-state index in [4.69, 9.17) is 5.73 Å². The zero-order valence-electron chi connectivity index (χ0n) is 11.9. The molecule has 0 saturated heterocycles. The van der Waals surface area contributed by atoms with Crippen molar-refractivity contribution >= 4 is 18.3 Å². The number of hydrogen-bond donors (Lipinski definition) is 2. The second kappa shape index (κ2) is 7.71. The molecular formula is C15H21ClF2N2O. The summed E-state index contributed by atoms with van der Waals surface area (Å²) in [6.07, 6.45) is 2.84. The van der Waals surface area contributed by atoms with Gasteiger partial charge >= 0.3 is 0 Å². The van der Waals surface area contributed by atoms with E-state index in [0.717, 1.165) is 18.9 Å². The number of halogens is 3. The van der Waals surface area contributed by atoms with Crippen molar-refractivity contribution in [3.8, 4) is 0 Å². The Morgan fingerprint density at radius 2 is 2.14 bits per heavy atom. The third kappa shape index (κ3) is 4.38. The minimum atomic E-state index is -0.625. The Labute approximate surface area is 129 Å². The molecule has 1 aromatic rings. The SMILES string of the molecule is CCC(NC(=O)C1CCC(N)C1)c1ccc(F)cc1F.Cl. The van der Waals surface area contributed by atoms with Gasteiger partial charge in [0.1, 0.15) is 11.6 Å². The summed E-state index contributed by atoms with van der Waals surface area (Å²) < 4.78 is 26.7. The largest absolute Gasteiger partial charge is 0.349 e. The van der Waals surface area contributed by atoms with Gasteiger partial charge in [0.15, 0.2) is 0 Å². The Morgan fingerprint density at radius 1 is 1.43 bits per heavy atom. The van der Waals surface area contributed by atoms with E-state index in [9.17, 15) is 13.6 Å². The van der Waals surface area contributed by atoms with Crippen molar-refractivity contribution in [2.75, 3.05) is 0 Å². The molecule has 3 unspecified atom stereocenters. The summed E-state index contributed by atoms with van der Waals surface area (Å²) in [5, 5.41) is 2.85. The molecular weight excluding hydrogens is 298 g/mol. The number of amides is 1. The second-order valence-electron chi connectivity index (χ2n) is 5.41. The van der Waals surface area contributed by atoms with Crippen molar-refractivity contribution in [2.24, 2.45) is 11.7 Å². The summed E-state index contributed by atoms with van der Waals surface area (Å²) in [7, 11) is 0. The van der Waals surface area contributed by atoms with Gasteiger partial charge in [0.05, 0.1) is 6.04 Å². The van der Waals surface area contributed by atoms with E-state index in [1.165, 1.54) is 12.1 Å². The first-order chi connectivity index (χ1) is 9.51. The first-order valence-corrected chi connectivity index (χ1v) is 7.02. The molecule has 1 aliphatic rings. The zero-order valence-corrected chi connectivity index (χ0v) is 12.8. The van der Waals surface area contributed by atoms with E-state index >= 15 is 0 Å². The smallest absolute Gasteiger partial charge is 0.223 e. The predicted octanol–water partition coefficient (Wildman–Crippen LogP) is 3.08. The minimum absolute atomic E-state index is 0. The lowest BCUT2D eigenvalue weighted by atomic mass is 10.0. The molecule has 6 heteroatoms. The van der Waals surface area contributed by atoms with Crippen molar-refractivity contribution in [3.05, 3.63) is 35.4 Å². The molecule has 1 fully saturated rings. The number of benzene rings is 1. The lowest BCUT2D eigenvalue weighted by molar-refractivity contribution is -0.125. The topological polar surface area (TPSA) is 55.1 Å². The highest BCUT2D eigenvalue weighted by atomic mass is 35.5. The van der Waals surface area contributed by atoms with Crippen LogP contribution in [0.2, 0.25) is 0 Å². The van der Waals surface area contributed by atoms with E-state index < -0.39 is 17.7 Å². The number of rotatable bonds is 4. The van der Waals surface area contributed by atoms with Crippen LogP contribution >= 0.6 is 12.4 Å². The fourth-order valence-electron chi connectivity index (χ4n) is 2.73. The average molecular weight is 319 g/mol. The van der Waals surface area contributed by atoms with Gasteiger partial charge in [-0.3, -0.25) is 4.79 Å². The summed E-state index contributed by atoms with van der Waals surface area (Å²) in [6, 6.07) is 3.08. The van der Waals surface area contributed by atoms with Gasteiger partial charge in [-0.25, -0.2) is 8.78 Å². The summed E-state index contributed by atoms with van der Waals surface area (Å²) in [4.78, 5) is 12.1. The fraction of sp³-hybridized carbons (Fsp3) is 0.533. The highest BCUT2D eigenvalue weighted by molar-refractivity contribution is 5.85. The van der Waals surface area contributed by atoms with Crippen LogP contribution in [0.3, 0.4) is 0 Å². The summed E-state index contributed by atoms with van der Waals surface area (Å²) in [5.74, 6) is -1.43. The molecule has 0 aliphatic heterocycles. The van der Waals surface area contributed by atoms with Crippen LogP contribution in [-0.2, 0) is 4.79 Å². The van der Waals surface area contributed by atoms with Crippen molar-refractivity contribution in [3.63, 3.8) is 0 Å². The molecule has 1 amide bonds. The Kier molecular flexibility index (Phi) is 6.55.